The molecule has 1 N–H and O–H groups in total. The van der Waals surface area contributed by atoms with Crippen LogP contribution >= 0.6 is 0 Å². The predicted molar refractivity (Wildman–Crippen MR) is 96.3 cm³/mol. The summed E-state index contributed by atoms with van der Waals surface area (Å²) in [7, 11) is 0. The molecular weight excluding hydrogens is 282 g/mol. The van der Waals surface area contributed by atoms with E-state index < -0.39 is 0 Å². The number of rotatable bonds is 5. The number of aliphatic hydroxyl groups is 1. The van der Waals surface area contributed by atoms with Crippen molar-refractivity contribution in [2.24, 2.45) is 17.8 Å². The summed E-state index contributed by atoms with van der Waals surface area (Å²) in [6.45, 7) is 6.83. The van der Waals surface area contributed by atoms with Crippen LogP contribution in [0.4, 0.5) is 0 Å². The molecule has 3 atom stereocenters. The van der Waals surface area contributed by atoms with Crippen molar-refractivity contribution < 1.29 is 5.11 Å². The van der Waals surface area contributed by atoms with Gasteiger partial charge in [-0.15, -0.1) is 0 Å². The summed E-state index contributed by atoms with van der Waals surface area (Å²) in [6, 6.07) is 10.9. The average Bonchev–Trinajstić information content (AvgIpc) is 3.04. The molecule has 3 rings (SSSR count). The molecule has 0 amide bonds. The molecule has 1 saturated carbocycles. The zero-order valence-electron chi connectivity index (χ0n) is 14.8. The van der Waals surface area contributed by atoms with E-state index in [1.54, 1.807) is 0 Å². The number of aliphatic hydroxyl groups excluding tert-OH is 1. The lowest BCUT2D eigenvalue weighted by molar-refractivity contribution is -0.0347. The van der Waals surface area contributed by atoms with Crippen LogP contribution in [0.3, 0.4) is 0 Å². The topological polar surface area (TPSA) is 23.5 Å². The van der Waals surface area contributed by atoms with E-state index >= 15 is 0 Å². The van der Waals surface area contributed by atoms with Gasteiger partial charge in [0.05, 0.1) is 0 Å². The standard InChI is InChI=1S/C21H33NO/c1-16(2)18-10-12-22(13-11-18)21(23)15-17-8-9-20(14-17)19-6-4-3-5-7-19/h3-7,16-18,20-21,23H,8-15H2,1-2H3. The first-order chi connectivity index (χ1) is 11.1. The van der Waals surface area contributed by atoms with Gasteiger partial charge in [-0.1, -0.05) is 44.2 Å². The number of hydrogen-bond acceptors (Lipinski definition) is 2. The van der Waals surface area contributed by atoms with E-state index in [-0.39, 0.29) is 6.23 Å². The van der Waals surface area contributed by atoms with Gasteiger partial charge in [0.2, 0.25) is 0 Å². The van der Waals surface area contributed by atoms with E-state index in [0.29, 0.717) is 11.8 Å². The van der Waals surface area contributed by atoms with Gasteiger partial charge >= 0.3 is 0 Å². The van der Waals surface area contributed by atoms with Gasteiger partial charge < -0.3 is 5.11 Å². The molecule has 0 spiro atoms. The van der Waals surface area contributed by atoms with Crippen LogP contribution < -0.4 is 0 Å². The lowest BCUT2D eigenvalue weighted by atomic mass is 9.86. The van der Waals surface area contributed by atoms with Gasteiger partial charge in [0.25, 0.3) is 0 Å². The second-order valence-electron chi connectivity index (χ2n) is 8.12. The van der Waals surface area contributed by atoms with Gasteiger partial charge in [-0.05, 0) is 67.8 Å². The molecule has 0 radical (unpaired) electrons. The Hall–Kier alpha value is -0.860. The smallest absolute Gasteiger partial charge is 0.107 e. The fraction of sp³-hybridized carbons (Fsp3) is 0.714. The van der Waals surface area contributed by atoms with Crippen molar-refractivity contribution >= 4 is 0 Å². The molecule has 2 nitrogen and oxygen atoms in total. The van der Waals surface area contributed by atoms with E-state index in [4.69, 9.17) is 0 Å². The van der Waals surface area contributed by atoms with Gasteiger partial charge in [0.15, 0.2) is 0 Å². The molecule has 1 aromatic carbocycles. The second-order valence-corrected chi connectivity index (χ2v) is 8.12. The number of likely N-dealkylation sites (tertiary alicyclic amines) is 1. The highest BCUT2D eigenvalue weighted by Crippen LogP contribution is 2.40. The zero-order chi connectivity index (χ0) is 16.2. The van der Waals surface area contributed by atoms with Crippen LogP contribution in [0, 0.1) is 17.8 Å². The van der Waals surface area contributed by atoms with E-state index in [0.717, 1.165) is 31.3 Å². The molecule has 23 heavy (non-hydrogen) atoms. The average molecular weight is 316 g/mol. The predicted octanol–water partition coefficient (Wildman–Crippen LogP) is 4.65. The molecule has 0 bridgehead atoms. The second kappa shape index (κ2) is 7.81. The molecule has 2 aliphatic rings. The normalized spacial score (nSPS) is 28.3. The minimum atomic E-state index is -0.220. The quantitative estimate of drug-likeness (QED) is 0.855. The maximum absolute atomic E-state index is 10.6. The van der Waals surface area contributed by atoms with Crippen LogP contribution in [0.1, 0.15) is 63.9 Å². The summed E-state index contributed by atoms with van der Waals surface area (Å²) in [4.78, 5) is 2.33. The number of piperidine rings is 1. The number of hydrogen-bond donors (Lipinski definition) is 1. The Balaban J connectivity index is 1.45. The van der Waals surface area contributed by atoms with Gasteiger partial charge in [-0.25, -0.2) is 0 Å². The van der Waals surface area contributed by atoms with Crippen LogP contribution in [0.2, 0.25) is 0 Å². The molecule has 1 aliphatic carbocycles. The van der Waals surface area contributed by atoms with Gasteiger partial charge in [-0.3, -0.25) is 4.90 Å². The first-order valence-electron chi connectivity index (χ1n) is 9.60. The van der Waals surface area contributed by atoms with E-state index in [1.165, 1.54) is 37.7 Å². The zero-order valence-corrected chi connectivity index (χ0v) is 14.8. The Bertz CT molecular complexity index is 464. The molecule has 128 valence electrons. The van der Waals surface area contributed by atoms with Crippen LogP contribution in [-0.2, 0) is 0 Å². The van der Waals surface area contributed by atoms with Crippen molar-refractivity contribution in [2.45, 2.75) is 64.5 Å². The number of nitrogens with zero attached hydrogens (tertiary/aromatic N) is 1. The van der Waals surface area contributed by atoms with Crippen molar-refractivity contribution in [3.63, 3.8) is 0 Å². The van der Waals surface area contributed by atoms with E-state index in [1.807, 2.05) is 0 Å². The fourth-order valence-electron chi connectivity index (χ4n) is 4.65. The van der Waals surface area contributed by atoms with Crippen molar-refractivity contribution in [1.29, 1.82) is 0 Å². The van der Waals surface area contributed by atoms with Crippen molar-refractivity contribution in [2.75, 3.05) is 13.1 Å². The largest absolute Gasteiger partial charge is 0.378 e. The Labute approximate surface area is 141 Å². The van der Waals surface area contributed by atoms with Gasteiger partial charge in [0, 0.05) is 13.1 Å². The monoisotopic (exact) mass is 315 g/mol. The summed E-state index contributed by atoms with van der Waals surface area (Å²) in [6.07, 6.45) is 7.08. The van der Waals surface area contributed by atoms with Crippen LogP contribution in [0.25, 0.3) is 0 Å². The summed E-state index contributed by atoms with van der Waals surface area (Å²) < 4.78 is 0. The lowest BCUT2D eigenvalue weighted by Crippen LogP contribution is -2.42. The highest BCUT2D eigenvalue weighted by Gasteiger charge is 2.31. The van der Waals surface area contributed by atoms with Crippen molar-refractivity contribution in [3.05, 3.63) is 35.9 Å². The first-order valence-corrected chi connectivity index (χ1v) is 9.60. The molecule has 1 saturated heterocycles. The lowest BCUT2D eigenvalue weighted by Gasteiger charge is -2.37. The third kappa shape index (κ3) is 4.36. The number of benzene rings is 1. The molecule has 0 aromatic heterocycles. The maximum atomic E-state index is 10.6. The molecule has 2 fully saturated rings. The Morgan fingerprint density at radius 3 is 2.39 bits per heavy atom. The summed E-state index contributed by atoms with van der Waals surface area (Å²) >= 11 is 0. The van der Waals surface area contributed by atoms with Crippen LogP contribution in [-0.4, -0.2) is 29.3 Å². The SMILES string of the molecule is CC(C)C1CCN(C(O)CC2CCC(c3ccccc3)C2)CC1. The Morgan fingerprint density at radius 2 is 1.74 bits per heavy atom. The molecular formula is C21H33NO. The van der Waals surface area contributed by atoms with Gasteiger partial charge in [0.1, 0.15) is 6.23 Å². The molecule has 1 aliphatic heterocycles. The maximum Gasteiger partial charge on any atom is 0.107 e. The summed E-state index contributed by atoms with van der Waals surface area (Å²) in [5.74, 6) is 3.04. The molecule has 1 aromatic rings. The Morgan fingerprint density at radius 1 is 1.04 bits per heavy atom. The third-order valence-electron chi connectivity index (χ3n) is 6.29. The molecule has 2 heteroatoms. The Kier molecular flexibility index (Phi) is 5.76. The molecule has 3 unspecified atom stereocenters. The third-order valence-corrected chi connectivity index (χ3v) is 6.29. The van der Waals surface area contributed by atoms with E-state index in [9.17, 15) is 5.11 Å². The minimum absolute atomic E-state index is 0.220. The van der Waals surface area contributed by atoms with E-state index in [2.05, 4.69) is 49.1 Å². The van der Waals surface area contributed by atoms with Gasteiger partial charge in [-0.2, -0.15) is 0 Å². The van der Waals surface area contributed by atoms with Crippen molar-refractivity contribution in [3.8, 4) is 0 Å². The van der Waals surface area contributed by atoms with Crippen LogP contribution in [0.15, 0.2) is 30.3 Å². The summed E-state index contributed by atoms with van der Waals surface area (Å²) in [5.41, 5.74) is 1.49. The first kappa shape index (κ1) is 17.0. The highest BCUT2D eigenvalue weighted by molar-refractivity contribution is 5.20. The molecule has 1 heterocycles. The highest BCUT2D eigenvalue weighted by atomic mass is 16.3. The summed E-state index contributed by atoms with van der Waals surface area (Å²) in [5, 5.41) is 10.6. The fourth-order valence-corrected chi connectivity index (χ4v) is 4.65. The minimum Gasteiger partial charge on any atom is -0.378 e. The van der Waals surface area contributed by atoms with Crippen LogP contribution in [0.5, 0.6) is 0 Å². The van der Waals surface area contributed by atoms with Crippen molar-refractivity contribution in [1.82, 2.24) is 4.90 Å².